The predicted molar refractivity (Wildman–Crippen MR) is 74.0 cm³/mol. The average molecular weight is 276 g/mol. The van der Waals surface area contributed by atoms with Crippen LogP contribution in [0.4, 0.5) is 4.79 Å². The third-order valence-corrected chi connectivity index (χ3v) is 3.00. The van der Waals surface area contributed by atoms with E-state index >= 15 is 0 Å². The van der Waals surface area contributed by atoms with Gasteiger partial charge in [0.25, 0.3) is 5.56 Å². The van der Waals surface area contributed by atoms with E-state index < -0.39 is 0 Å². The lowest BCUT2D eigenvalue weighted by molar-refractivity contribution is -0.0649. The van der Waals surface area contributed by atoms with Crippen molar-refractivity contribution in [1.82, 2.24) is 20.2 Å². The van der Waals surface area contributed by atoms with Gasteiger partial charge in [-0.2, -0.15) is 5.10 Å². The minimum absolute atomic E-state index is 0.162. The van der Waals surface area contributed by atoms with E-state index in [-0.39, 0.29) is 18.1 Å². The molecule has 0 unspecified atom stereocenters. The molecule has 106 valence electrons. The molecule has 0 aliphatic carbocycles. The minimum Gasteiger partial charge on any atom is -0.330 e. The zero-order valence-corrected chi connectivity index (χ0v) is 11.6. The van der Waals surface area contributed by atoms with Gasteiger partial charge in [0.1, 0.15) is 0 Å². The lowest BCUT2D eigenvalue weighted by Crippen LogP contribution is -2.36. The maximum atomic E-state index is 12.0. The molecule has 20 heavy (non-hydrogen) atoms. The molecule has 0 atom stereocenters. The first-order chi connectivity index (χ1) is 9.54. The summed E-state index contributed by atoms with van der Waals surface area (Å²) < 4.78 is 1.27. The molecule has 0 aliphatic rings. The molecule has 0 saturated heterocycles. The third kappa shape index (κ3) is 2.62. The highest BCUT2D eigenvalue weighted by atomic mass is 16.7. The van der Waals surface area contributed by atoms with E-state index in [0.29, 0.717) is 11.1 Å². The maximum Gasteiger partial charge on any atom is 0.341 e. The number of carbonyl (C=O) groups excluding carboxylic acids is 1. The van der Waals surface area contributed by atoms with Gasteiger partial charge in [-0.15, -0.1) is 0 Å². The van der Waals surface area contributed by atoms with Crippen molar-refractivity contribution in [3.05, 3.63) is 40.3 Å². The molecular weight excluding hydrogens is 260 g/mol. The number of carbonyl (C=O) groups is 1. The highest BCUT2D eigenvalue weighted by Gasteiger charge is 2.11. The van der Waals surface area contributed by atoms with Crippen LogP contribution in [0, 0.1) is 0 Å². The van der Waals surface area contributed by atoms with Crippen LogP contribution < -0.4 is 10.9 Å². The summed E-state index contributed by atoms with van der Waals surface area (Å²) in [5.41, 5.74) is 0.463. The molecule has 0 saturated carbocycles. The van der Waals surface area contributed by atoms with Gasteiger partial charge in [0.15, 0.2) is 0 Å². The topological polar surface area (TPSA) is 76.5 Å². The van der Waals surface area contributed by atoms with E-state index in [2.05, 4.69) is 10.4 Å². The number of hydrogen-bond donors (Lipinski definition) is 1. The fraction of sp³-hybridized carbons (Fsp3) is 0.308. The lowest BCUT2D eigenvalue weighted by atomic mass is 10.1. The Bertz CT molecular complexity index is 696. The number of hydrogen-bond acceptors (Lipinski definition) is 4. The summed E-state index contributed by atoms with van der Waals surface area (Å²) in [6, 6.07) is 6.80. The smallest absolute Gasteiger partial charge is 0.330 e. The largest absolute Gasteiger partial charge is 0.341 e. The highest BCUT2D eigenvalue weighted by molar-refractivity contribution is 5.84. The maximum absolute atomic E-state index is 12.0. The highest BCUT2D eigenvalue weighted by Crippen LogP contribution is 2.12. The second kappa shape index (κ2) is 5.70. The quantitative estimate of drug-likeness (QED) is 0.834. The number of urea groups is 1. The first kappa shape index (κ1) is 14.0. The van der Waals surface area contributed by atoms with Crippen molar-refractivity contribution in [3.63, 3.8) is 0 Å². The summed E-state index contributed by atoms with van der Waals surface area (Å²) in [7, 11) is 4.49. The van der Waals surface area contributed by atoms with Crippen molar-refractivity contribution in [1.29, 1.82) is 0 Å². The number of nitrogens with zero attached hydrogens (tertiary/aromatic N) is 3. The summed E-state index contributed by atoms with van der Waals surface area (Å²) in [4.78, 5) is 28.4. The van der Waals surface area contributed by atoms with E-state index in [1.165, 1.54) is 18.8 Å². The van der Waals surface area contributed by atoms with Crippen molar-refractivity contribution in [3.8, 4) is 0 Å². The predicted octanol–water partition coefficient (Wildman–Crippen LogP) is 0.636. The molecule has 2 aromatic rings. The molecule has 1 aromatic heterocycles. The Kier molecular flexibility index (Phi) is 3.99. The normalized spacial score (nSPS) is 10.6. The van der Waals surface area contributed by atoms with Crippen LogP contribution in [0.5, 0.6) is 0 Å². The minimum atomic E-state index is -0.382. The van der Waals surface area contributed by atoms with Crippen molar-refractivity contribution in [2.45, 2.75) is 6.54 Å². The van der Waals surface area contributed by atoms with Gasteiger partial charge in [-0.25, -0.2) is 14.5 Å². The Labute approximate surface area is 115 Å². The molecular formula is C13H16N4O3. The van der Waals surface area contributed by atoms with Crippen LogP contribution in [0.3, 0.4) is 0 Å². The number of aromatic nitrogens is 2. The van der Waals surface area contributed by atoms with Crippen LogP contribution in [-0.4, -0.2) is 35.0 Å². The van der Waals surface area contributed by atoms with Gasteiger partial charge in [0, 0.05) is 19.5 Å². The summed E-state index contributed by atoms with van der Waals surface area (Å²) in [5.74, 6) is 0. The standard InChI is InChI=1S/C13H16N4O3/c1-16-12(18)10-7-5-4-6-9(10)11(15-16)8-14-13(19)17(2)20-3/h4-7H,8H2,1-3H3,(H,14,19). The molecule has 0 bridgehead atoms. The first-order valence-corrected chi connectivity index (χ1v) is 6.05. The van der Waals surface area contributed by atoms with E-state index in [0.717, 1.165) is 10.4 Å². The van der Waals surface area contributed by atoms with Crippen molar-refractivity contribution in [2.24, 2.45) is 7.05 Å². The van der Waals surface area contributed by atoms with Gasteiger partial charge in [-0.1, -0.05) is 18.2 Å². The second-order valence-corrected chi connectivity index (χ2v) is 4.26. The molecule has 1 heterocycles. The summed E-state index contributed by atoms with van der Waals surface area (Å²) >= 11 is 0. The van der Waals surface area contributed by atoms with Crippen LogP contribution >= 0.6 is 0 Å². The number of amides is 2. The van der Waals surface area contributed by atoms with E-state index in [1.54, 1.807) is 19.2 Å². The molecule has 2 rings (SSSR count). The Hall–Kier alpha value is -2.41. The molecule has 7 heteroatoms. The zero-order chi connectivity index (χ0) is 14.7. The van der Waals surface area contributed by atoms with E-state index in [4.69, 9.17) is 4.84 Å². The average Bonchev–Trinajstić information content (AvgIpc) is 2.48. The number of hydroxylamine groups is 2. The van der Waals surface area contributed by atoms with Crippen molar-refractivity contribution < 1.29 is 9.63 Å². The van der Waals surface area contributed by atoms with E-state index in [9.17, 15) is 9.59 Å². The summed E-state index contributed by atoms with van der Waals surface area (Å²) in [5, 5.41) is 9.24. The Balaban J connectivity index is 2.33. The monoisotopic (exact) mass is 276 g/mol. The van der Waals surface area contributed by atoms with Crippen LogP contribution in [0.2, 0.25) is 0 Å². The van der Waals surface area contributed by atoms with Gasteiger partial charge in [-0.3, -0.25) is 9.63 Å². The Morgan fingerprint density at radius 2 is 2.05 bits per heavy atom. The lowest BCUT2D eigenvalue weighted by Gasteiger charge is -2.15. The SMILES string of the molecule is CON(C)C(=O)NCc1nn(C)c(=O)c2ccccc12. The zero-order valence-electron chi connectivity index (χ0n) is 11.6. The fourth-order valence-electron chi connectivity index (χ4n) is 1.86. The Morgan fingerprint density at radius 1 is 1.40 bits per heavy atom. The number of rotatable bonds is 3. The van der Waals surface area contributed by atoms with Crippen LogP contribution in [0.1, 0.15) is 5.69 Å². The fourth-order valence-corrected chi connectivity index (χ4v) is 1.86. The molecule has 0 fully saturated rings. The summed E-state index contributed by atoms with van der Waals surface area (Å²) in [6.07, 6.45) is 0. The molecule has 7 nitrogen and oxygen atoms in total. The van der Waals surface area contributed by atoms with Crippen molar-refractivity contribution >= 4 is 16.8 Å². The first-order valence-electron chi connectivity index (χ1n) is 6.05. The van der Waals surface area contributed by atoms with E-state index in [1.807, 2.05) is 12.1 Å². The van der Waals surface area contributed by atoms with Gasteiger partial charge in [-0.05, 0) is 6.07 Å². The molecule has 0 aliphatic heterocycles. The molecule has 1 N–H and O–H groups in total. The van der Waals surface area contributed by atoms with Crippen LogP contribution in [0.25, 0.3) is 10.8 Å². The van der Waals surface area contributed by atoms with Gasteiger partial charge in [0.2, 0.25) is 0 Å². The number of fused-ring (bicyclic) bond motifs is 1. The number of aryl methyl sites for hydroxylation is 1. The molecule has 1 aromatic carbocycles. The molecule has 0 radical (unpaired) electrons. The molecule has 2 amide bonds. The van der Waals surface area contributed by atoms with Gasteiger partial charge in [0.05, 0.1) is 24.7 Å². The van der Waals surface area contributed by atoms with Crippen molar-refractivity contribution in [2.75, 3.05) is 14.2 Å². The third-order valence-electron chi connectivity index (χ3n) is 3.00. The second-order valence-electron chi connectivity index (χ2n) is 4.26. The van der Waals surface area contributed by atoms with Gasteiger partial charge < -0.3 is 5.32 Å². The molecule has 0 spiro atoms. The number of nitrogens with one attached hydrogen (secondary N) is 1. The summed E-state index contributed by atoms with van der Waals surface area (Å²) in [6.45, 7) is 0.209. The van der Waals surface area contributed by atoms with Crippen LogP contribution in [0.15, 0.2) is 29.1 Å². The van der Waals surface area contributed by atoms with Crippen LogP contribution in [-0.2, 0) is 18.4 Å². The number of benzene rings is 1. The Morgan fingerprint density at radius 3 is 2.70 bits per heavy atom. The van der Waals surface area contributed by atoms with Gasteiger partial charge >= 0.3 is 6.03 Å².